The summed E-state index contributed by atoms with van der Waals surface area (Å²) in [5, 5.41) is 8.89. The molecule has 1 aromatic carbocycles. The Bertz CT molecular complexity index is 299. The van der Waals surface area contributed by atoms with Crippen molar-refractivity contribution in [3.63, 3.8) is 0 Å². The highest BCUT2D eigenvalue weighted by Crippen LogP contribution is 2.23. The predicted molar refractivity (Wildman–Crippen MR) is 60.6 cm³/mol. The first-order valence-electron chi connectivity index (χ1n) is 4.91. The highest BCUT2D eigenvalue weighted by atomic mass is 16.3. The predicted octanol–water partition coefficient (Wildman–Crippen LogP) is 1.40. The molecule has 0 fully saturated rings. The van der Waals surface area contributed by atoms with Gasteiger partial charge in [0, 0.05) is 13.1 Å². The first-order chi connectivity index (χ1) is 6.69. The van der Waals surface area contributed by atoms with E-state index in [9.17, 15) is 0 Å². The van der Waals surface area contributed by atoms with Crippen molar-refractivity contribution in [3.8, 4) is 0 Å². The fourth-order valence-corrected chi connectivity index (χ4v) is 1.53. The van der Waals surface area contributed by atoms with E-state index >= 15 is 0 Å². The second kappa shape index (κ2) is 4.86. The van der Waals surface area contributed by atoms with Crippen LogP contribution in [0, 0.1) is 6.92 Å². The molecule has 0 saturated heterocycles. The van der Waals surface area contributed by atoms with Gasteiger partial charge in [-0.15, -0.1) is 0 Å². The molecule has 1 aromatic rings. The van der Waals surface area contributed by atoms with Gasteiger partial charge < -0.3 is 15.7 Å². The molecule has 0 spiro atoms. The van der Waals surface area contributed by atoms with Crippen molar-refractivity contribution < 1.29 is 5.11 Å². The van der Waals surface area contributed by atoms with Crippen molar-refractivity contribution in [1.29, 1.82) is 0 Å². The molecule has 0 aromatic heterocycles. The minimum absolute atomic E-state index is 0.154. The highest BCUT2D eigenvalue weighted by Gasteiger charge is 2.06. The summed E-state index contributed by atoms with van der Waals surface area (Å²) in [4.78, 5) is 2.06. The van der Waals surface area contributed by atoms with Crippen LogP contribution in [0.15, 0.2) is 18.2 Å². The van der Waals surface area contributed by atoms with E-state index in [-0.39, 0.29) is 6.61 Å². The maximum Gasteiger partial charge on any atom is 0.0606 e. The topological polar surface area (TPSA) is 49.5 Å². The molecule has 0 aliphatic heterocycles. The molecule has 0 heterocycles. The molecule has 0 radical (unpaired) electrons. The Kier molecular flexibility index (Phi) is 3.77. The smallest absolute Gasteiger partial charge is 0.0606 e. The van der Waals surface area contributed by atoms with Crippen LogP contribution in [-0.2, 0) is 0 Å². The number of hydrogen-bond donors (Lipinski definition) is 2. The van der Waals surface area contributed by atoms with Gasteiger partial charge in [0.05, 0.1) is 18.0 Å². The van der Waals surface area contributed by atoms with Gasteiger partial charge in [0.1, 0.15) is 0 Å². The van der Waals surface area contributed by atoms with Crippen LogP contribution in [0.25, 0.3) is 0 Å². The Morgan fingerprint density at radius 2 is 2.14 bits per heavy atom. The van der Waals surface area contributed by atoms with E-state index in [4.69, 9.17) is 10.8 Å². The van der Waals surface area contributed by atoms with E-state index < -0.39 is 0 Å². The zero-order valence-corrected chi connectivity index (χ0v) is 8.83. The van der Waals surface area contributed by atoms with Crippen LogP contribution in [0.4, 0.5) is 11.4 Å². The number of nitrogen functional groups attached to an aromatic ring is 1. The molecule has 0 aliphatic rings. The number of likely N-dealkylation sites (N-methyl/N-ethyl adjacent to an activating group) is 1. The molecule has 1 rings (SSSR count). The van der Waals surface area contributed by atoms with Crippen molar-refractivity contribution in [2.24, 2.45) is 0 Å². The summed E-state index contributed by atoms with van der Waals surface area (Å²) in [5.41, 5.74) is 8.85. The summed E-state index contributed by atoms with van der Waals surface area (Å²) in [6.07, 6.45) is 0. The minimum Gasteiger partial charge on any atom is -0.397 e. The largest absolute Gasteiger partial charge is 0.397 e. The zero-order chi connectivity index (χ0) is 10.6. The molecule has 3 N–H and O–H groups in total. The van der Waals surface area contributed by atoms with Crippen molar-refractivity contribution in [2.75, 3.05) is 30.3 Å². The van der Waals surface area contributed by atoms with Gasteiger partial charge in [-0.2, -0.15) is 0 Å². The Labute approximate surface area is 85.2 Å². The lowest BCUT2D eigenvalue weighted by Gasteiger charge is -2.23. The lowest BCUT2D eigenvalue weighted by Crippen LogP contribution is -2.26. The van der Waals surface area contributed by atoms with Crippen LogP contribution in [0.3, 0.4) is 0 Å². The van der Waals surface area contributed by atoms with Gasteiger partial charge in [0.25, 0.3) is 0 Å². The van der Waals surface area contributed by atoms with E-state index in [1.54, 1.807) is 0 Å². The van der Waals surface area contributed by atoms with E-state index in [2.05, 4.69) is 11.8 Å². The summed E-state index contributed by atoms with van der Waals surface area (Å²) in [6.45, 7) is 5.70. The van der Waals surface area contributed by atoms with Crippen LogP contribution in [0.1, 0.15) is 12.5 Å². The van der Waals surface area contributed by atoms with Crippen LogP contribution < -0.4 is 10.6 Å². The third-order valence-electron chi connectivity index (χ3n) is 2.28. The maximum absolute atomic E-state index is 8.89. The van der Waals surface area contributed by atoms with Gasteiger partial charge in [-0.25, -0.2) is 0 Å². The quantitative estimate of drug-likeness (QED) is 0.712. The van der Waals surface area contributed by atoms with E-state index in [1.807, 2.05) is 25.1 Å². The fourth-order valence-electron chi connectivity index (χ4n) is 1.53. The number of hydrogen-bond acceptors (Lipinski definition) is 3. The Morgan fingerprint density at radius 3 is 2.64 bits per heavy atom. The van der Waals surface area contributed by atoms with Gasteiger partial charge in [-0.05, 0) is 31.5 Å². The van der Waals surface area contributed by atoms with Gasteiger partial charge in [-0.1, -0.05) is 6.07 Å². The number of aryl methyl sites for hydroxylation is 1. The molecular weight excluding hydrogens is 176 g/mol. The van der Waals surface area contributed by atoms with E-state index in [0.717, 1.165) is 23.5 Å². The average molecular weight is 194 g/mol. The molecule has 0 bridgehead atoms. The summed E-state index contributed by atoms with van der Waals surface area (Å²) in [6, 6.07) is 5.99. The molecule has 0 aliphatic carbocycles. The zero-order valence-electron chi connectivity index (χ0n) is 8.83. The Morgan fingerprint density at radius 1 is 1.43 bits per heavy atom. The minimum atomic E-state index is 0.154. The third kappa shape index (κ3) is 2.39. The molecule has 0 amide bonds. The van der Waals surface area contributed by atoms with Crippen molar-refractivity contribution in [2.45, 2.75) is 13.8 Å². The summed E-state index contributed by atoms with van der Waals surface area (Å²) < 4.78 is 0. The van der Waals surface area contributed by atoms with Crippen molar-refractivity contribution >= 4 is 11.4 Å². The maximum atomic E-state index is 8.89. The van der Waals surface area contributed by atoms with Gasteiger partial charge >= 0.3 is 0 Å². The molecule has 0 atom stereocenters. The van der Waals surface area contributed by atoms with Crippen LogP contribution in [0.5, 0.6) is 0 Å². The number of rotatable bonds is 4. The van der Waals surface area contributed by atoms with Gasteiger partial charge in [0.15, 0.2) is 0 Å². The fraction of sp³-hybridized carbons (Fsp3) is 0.455. The third-order valence-corrected chi connectivity index (χ3v) is 2.28. The van der Waals surface area contributed by atoms with E-state index in [1.165, 1.54) is 0 Å². The number of nitrogens with zero attached hydrogens (tertiary/aromatic N) is 1. The normalized spacial score (nSPS) is 10.2. The molecule has 3 nitrogen and oxygen atoms in total. The first kappa shape index (κ1) is 10.9. The first-order valence-corrected chi connectivity index (χ1v) is 4.91. The average Bonchev–Trinajstić information content (AvgIpc) is 2.15. The second-order valence-electron chi connectivity index (χ2n) is 3.37. The SMILES string of the molecule is CCN(CCO)c1ccc(C)cc1N. The van der Waals surface area contributed by atoms with Gasteiger partial charge in [0.2, 0.25) is 0 Å². The summed E-state index contributed by atoms with van der Waals surface area (Å²) in [7, 11) is 0. The van der Waals surface area contributed by atoms with Crippen molar-refractivity contribution in [3.05, 3.63) is 23.8 Å². The molecule has 14 heavy (non-hydrogen) atoms. The molecule has 0 saturated carbocycles. The number of anilines is 2. The van der Waals surface area contributed by atoms with Crippen LogP contribution in [-0.4, -0.2) is 24.8 Å². The second-order valence-corrected chi connectivity index (χ2v) is 3.37. The standard InChI is InChI=1S/C11H18N2O/c1-3-13(6-7-14)11-5-4-9(2)8-10(11)12/h4-5,8,14H,3,6-7,12H2,1-2H3. The number of nitrogens with two attached hydrogens (primary N) is 1. The molecule has 3 heteroatoms. The number of benzene rings is 1. The van der Waals surface area contributed by atoms with Crippen LogP contribution in [0.2, 0.25) is 0 Å². The van der Waals surface area contributed by atoms with E-state index in [0.29, 0.717) is 6.54 Å². The molecule has 0 unspecified atom stereocenters. The summed E-state index contributed by atoms with van der Waals surface area (Å²) >= 11 is 0. The van der Waals surface area contributed by atoms with Crippen LogP contribution >= 0.6 is 0 Å². The molecule has 78 valence electrons. The Balaban J connectivity index is 2.92. The number of aliphatic hydroxyl groups excluding tert-OH is 1. The highest BCUT2D eigenvalue weighted by molar-refractivity contribution is 5.68. The summed E-state index contributed by atoms with van der Waals surface area (Å²) in [5.74, 6) is 0. The Hall–Kier alpha value is -1.22. The lowest BCUT2D eigenvalue weighted by atomic mass is 10.2. The molecular formula is C11H18N2O. The van der Waals surface area contributed by atoms with Gasteiger partial charge in [-0.3, -0.25) is 0 Å². The lowest BCUT2D eigenvalue weighted by molar-refractivity contribution is 0.302. The monoisotopic (exact) mass is 194 g/mol. The van der Waals surface area contributed by atoms with Crippen molar-refractivity contribution in [1.82, 2.24) is 0 Å². The number of aliphatic hydroxyl groups is 1.